The van der Waals surface area contributed by atoms with Crippen LogP contribution < -0.4 is 5.32 Å². The zero-order chi connectivity index (χ0) is 15.3. The third kappa shape index (κ3) is 3.73. The molecule has 1 aromatic rings. The van der Waals surface area contributed by atoms with Gasteiger partial charge in [0.15, 0.2) is 0 Å². The quantitative estimate of drug-likeness (QED) is 0.799. The van der Waals surface area contributed by atoms with E-state index in [1.807, 2.05) is 25.8 Å². The van der Waals surface area contributed by atoms with Crippen molar-refractivity contribution in [2.24, 2.45) is 0 Å². The van der Waals surface area contributed by atoms with Gasteiger partial charge in [0.1, 0.15) is 0 Å². The van der Waals surface area contributed by atoms with Crippen molar-refractivity contribution in [1.29, 1.82) is 0 Å². The van der Waals surface area contributed by atoms with Gasteiger partial charge in [-0.15, -0.1) is 0 Å². The SMILES string of the molecule is CCC(C)(OC)C(NC)c1c(Cl)cnn1CCN(C)C. The maximum absolute atomic E-state index is 6.36. The lowest BCUT2D eigenvalue weighted by molar-refractivity contribution is -0.0303. The molecule has 2 atom stereocenters. The van der Waals surface area contributed by atoms with Crippen LogP contribution in [0.3, 0.4) is 0 Å². The van der Waals surface area contributed by atoms with Crippen LogP contribution in [0.2, 0.25) is 5.02 Å². The first-order valence-electron chi connectivity index (χ1n) is 6.98. The van der Waals surface area contributed by atoms with Gasteiger partial charge in [-0.1, -0.05) is 18.5 Å². The summed E-state index contributed by atoms with van der Waals surface area (Å²) in [4.78, 5) is 2.13. The summed E-state index contributed by atoms with van der Waals surface area (Å²) in [6.45, 7) is 5.92. The van der Waals surface area contributed by atoms with Gasteiger partial charge >= 0.3 is 0 Å². The van der Waals surface area contributed by atoms with Crippen molar-refractivity contribution in [2.75, 3.05) is 34.8 Å². The summed E-state index contributed by atoms with van der Waals surface area (Å²) >= 11 is 6.36. The smallest absolute Gasteiger partial charge is 0.0857 e. The van der Waals surface area contributed by atoms with Gasteiger partial charge in [-0.3, -0.25) is 4.68 Å². The summed E-state index contributed by atoms with van der Waals surface area (Å²) in [6.07, 6.45) is 2.59. The summed E-state index contributed by atoms with van der Waals surface area (Å²) in [5.74, 6) is 0. The molecule has 1 rings (SSSR count). The lowest BCUT2D eigenvalue weighted by Gasteiger charge is -2.36. The molecule has 0 fully saturated rings. The molecule has 1 aromatic heterocycles. The zero-order valence-corrected chi connectivity index (χ0v) is 14.2. The van der Waals surface area contributed by atoms with Crippen LogP contribution in [-0.2, 0) is 11.3 Å². The van der Waals surface area contributed by atoms with Crippen LogP contribution in [0.1, 0.15) is 32.0 Å². The number of nitrogens with one attached hydrogen (secondary N) is 1. The van der Waals surface area contributed by atoms with Crippen LogP contribution in [0, 0.1) is 0 Å². The molecule has 116 valence electrons. The number of nitrogens with zero attached hydrogens (tertiary/aromatic N) is 3. The number of rotatable bonds is 8. The van der Waals surface area contributed by atoms with Gasteiger partial charge in [-0.25, -0.2) is 0 Å². The van der Waals surface area contributed by atoms with Crippen LogP contribution in [0.25, 0.3) is 0 Å². The summed E-state index contributed by atoms with van der Waals surface area (Å²) in [6, 6.07) is -0.00494. The molecule has 1 N–H and O–H groups in total. The summed E-state index contributed by atoms with van der Waals surface area (Å²) < 4.78 is 7.70. The Labute approximate surface area is 127 Å². The molecule has 0 aliphatic carbocycles. The van der Waals surface area contributed by atoms with Crippen LogP contribution in [0.15, 0.2) is 6.20 Å². The van der Waals surface area contributed by atoms with Crippen molar-refractivity contribution in [1.82, 2.24) is 20.0 Å². The largest absolute Gasteiger partial charge is 0.376 e. The first-order valence-corrected chi connectivity index (χ1v) is 7.35. The minimum absolute atomic E-state index is 0.00494. The maximum Gasteiger partial charge on any atom is 0.0857 e. The van der Waals surface area contributed by atoms with Gasteiger partial charge in [0, 0.05) is 13.7 Å². The third-order valence-electron chi connectivity index (χ3n) is 3.93. The molecule has 0 radical (unpaired) electrons. The number of halogens is 1. The van der Waals surface area contributed by atoms with Gasteiger partial charge in [-0.05, 0) is 34.5 Å². The molecule has 0 aliphatic heterocycles. The molecule has 0 saturated carbocycles. The minimum atomic E-state index is -0.325. The second-order valence-electron chi connectivity index (χ2n) is 5.50. The molecular weight excluding hydrogens is 276 g/mol. The molecule has 0 aliphatic rings. The van der Waals surface area contributed by atoms with Gasteiger partial charge in [0.2, 0.25) is 0 Å². The standard InChI is InChI=1S/C14H27ClN4O/c1-7-14(2,20-6)13(16-3)12-11(15)10-17-19(12)9-8-18(4)5/h10,13,16H,7-9H2,1-6H3. The fourth-order valence-electron chi connectivity index (χ4n) is 2.33. The fourth-order valence-corrected chi connectivity index (χ4v) is 2.58. The highest BCUT2D eigenvalue weighted by Gasteiger charge is 2.36. The Balaban J connectivity index is 3.11. The fraction of sp³-hybridized carbons (Fsp3) is 0.786. The van der Waals surface area contributed by atoms with Gasteiger partial charge in [-0.2, -0.15) is 5.10 Å². The molecule has 5 nitrogen and oxygen atoms in total. The number of aromatic nitrogens is 2. The van der Waals surface area contributed by atoms with Crippen molar-refractivity contribution in [3.05, 3.63) is 16.9 Å². The van der Waals surface area contributed by atoms with Gasteiger partial charge < -0.3 is 15.0 Å². The van der Waals surface area contributed by atoms with Crippen molar-refractivity contribution in [3.8, 4) is 0 Å². The van der Waals surface area contributed by atoms with E-state index < -0.39 is 0 Å². The predicted molar refractivity (Wildman–Crippen MR) is 83.3 cm³/mol. The van der Waals surface area contributed by atoms with Crippen LogP contribution in [0.5, 0.6) is 0 Å². The van der Waals surface area contributed by atoms with E-state index in [4.69, 9.17) is 16.3 Å². The van der Waals surface area contributed by atoms with E-state index in [-0.39, 0.29) is 11.6 Å². The average molecular weight is 303 g/mol. The average Bonchev–Trinajstić information content (AvgIpc) is 2.78. The Kier molecular flexibility index (Phi) is 6.45. The highest BCUT2D eigenvalue weighted by Crippen LogP contribution is 2.34. The van der Waals surface area contributed by atoms with Crippen LogP contribution in [0.4, 0.5) is 0 Å². The van der Waals surface area contributed by atoms with E-state index in [9.17, 15) is 0 Å². The Bertz CT molecular complexity index is 415. The van der Waals surface area contributed by atoms with E-state index in [2.05, 4.69) is 29.2 Å². The second-order valence-corrected chi connectivity index (χ2v) is 5.90. The van der Waals surface area contributed by atoms with Crippen LogP contribution >= 0.6 is 11.6 Å². The number of ether oxygens (including phenoxy) is 1. The zero-order valence-electron chi connectivity index (χ0n) is 13.4. The minimum Gasteiger partial charge on any atom is -0.376 e. The molecule has 0 saturated heterocycles. The Morgan fingerprint density at radius 1 is 1.55 bits per heavy atom. The van der Waals surface area contributed by atoms with E-state index in [0.717, 1.165) is 25.2 Å². The van der Waals surface area contributed by atoms with Gasteiger partial charge in [0.05, 0.1) is 35.1 Å². The molecule has 0 spiro atoms. The molecule has 20 heavy (non-hydrogen) atoms. The second kappa shape index (κ2) is 7.41. The van der Waals surface area contributed by atoms with E-state index >= 15 is 0 Å². The lowest BCUT2D eigenvalue weighted by Crippen LogP contribution is -2.43. The van der Waals surface area contributed by atoms with Crippen molar-refractivity contribution >= 4 is 11.6 Å². The molecule has 0 amide bonds. The van der Waals surface area contributed by atoms with Gasteiger partial charge in [0.25, 0.3) is 0 Å². The van der Waals surface area contributed by atoms with Crippen molar-refractivity contribution < 1.29 is 4.74 Å². The Morgan fingerprint density at radius 3 is 2.65 bits per heavy atom. The molecular formula is C14H27ClN4O. The van der Waals surface area contributed by atoms with E-state index in [0.29, 0.717) is 5.02 Å². The van der Waals surface area contributed by atoms with E-state index in [1.54, 1.807) is 13.3 Å². The molecule has 1 heterocycles. The third-order valence-corrected chi connectivity index (χ3v) is 4.22. The Morgan fingerprint density at radius 2 is 2.20 bits per heavy atom. The van der Waals surface area contributed by atoms with E-state index in [1.165, 1.54) is 0 Å². The highest BCUT2D eigenvalue weighted by molar-refractivity contribution is 6.31. The first-order chi connectivity index (χ1) is 9.39. The molecule has 2 unspecified atom stereocenters. The van der Waals surface area contributed by atoms with Crippen molar-refractivity contribution in [3.63, 3.8) is 0 Å². The number of hydrogen-bond acceptors (Lipinski definition) is 4. The predicted octanol–water partition coefficient (Wildman–Crippen LogP) is 2.17. The number of likely N-dealkylation sites (N-methyl/N-ethyl adjacent to an activating group) is 2. The molecule has 0 bridgehead atoms. The topological polar surface area (TPSA) is 42.3 Å². The molecule has 6 heteroatoms. The summed E-state index contributed by atoms with van der Waals surface area (Å²) in [7, 11) is 7.76. The molecule has 0 aromatic carbocycles. The lowest BCUT2D eigenvalue weighted by atomic mass is 9.90. The van der Waals surface area contributed by atoms with Crippen LogP contribution in [-0.4, -0.2) is 55.1 Å². The van der Waals surface area contributed by atoms with Crippen molar-refractivity contribution in [2.45, 2.75) is 38.5 Å². The number of hydrogen-bond donors (Lipinski definition) is 1. The maximum atomic E-state index is 6.36. The normalized spacial score (nSPS) is 16.4. The summed E-state index contributed by atoms with van der Waals surface area (Å²) in [5, 5.41) is 8.41. The highest BCUT2D eigenvalue weighted by atomic mass is 35.5. The first kappa shape index (κ1) is 17.4. The monoisotopic (exact) mass is 302 g/mol. The Hall–Kier alpha value is -0.620. The number of methoxy groups -OCH3 is 1. The summed E-state index contributed by atoms with van der Waals surface area (Å²) in [5.41, 5.74) is 0.663.